The van der Waals surface area contributed by atoms with Crippen LogP contribution in [0.4, 0.5) is 11.4 Å². The van der Waals surface area contributed by atoms with E-state index in [1.165, 1.54) is 29.4 Å². The van der Waals surface area contributed by atoms with Crippen LogP contribution >= 0.6 is 0 Å². The van der Waals surface area contributed by atoms with Gasteiger partial charge in [-0.25, -0.2) is 4.79 Å². The zero-order valence-corrected chi connectivity index (χ0v) is 12.1. The second kappa shape index (κ2) is 6.27. The van der Waals surface area contributed by atoms with Crippen LogP contribution in [0.15, 0.2) is 48.8 Å². The van der Waals surface area contributed by atoms with Gasteiger partial charge in [0.2, 0.25) is 5.91 Å². The van der Waals surface area contributed by atoms with Gasteiger partial charge >= 0.3 is 5.97 Å². The smallest absolute Gasteiger partial charge is 0.338 e. The Morgan fingerprint density at radius 1 is 1.17 bits per heavy atom. The first-order valence-electron chi connectivity index (χ1n) is 6.91. The van der Waals surface area contributed by atoms with Crippen LogP contribution in [-0.4, -0.2) is 35.9 Å². The zero-order valence-electron chi connectivity index (χ0n) is 12.1. The minimum atomic E-state index is -0.615. The van der Waals surface area contributed by atoms with E-state index in [-0.39, 0.29) is 12.5 Å². The van der Waals surface area contributed by atoms with Gasteiger partial charge in [0.1, 0.15) is 6.54 Å². The number of benzene rings is 1. The van der Waals surface area contributed by atoms with Crippen molar-refractivity contribution in [3.05, 3.63) is 54.4 Å². The largest absolute Gasteiger partial charge is 0.452 e. The number of hydrogen-bond acceptors (Lipinski definition) is 5. The van der Waals surface area contributed by atoms with Crippen LogP contribution in [0.2, 0.25) is 0 Å². The Morgan fingerprint density at radius 2 is 1.91 bits per heavy atom. The van der Waals surface area contributed by atoms with Crippen LogP contribution in [0.25, 0.3) is 0 Å². The standard InChI is InChI=1S/C16H13N3O4/c20-14-9-19(13-4-2-1-3-12(13)18-14)15(21)10-23-16(22)11-5-7-17-8-6-11/h1-8H,9-10H2,(H,18,20). The molecule has 0 spiro atoms. The average Bonchev–Trinajstić information content (AvgIpc) is 2.59. The highest BCUT2D eigenvalue weighted by atomic mass is 16.5. The number of fused-ring (bicyclic) bond motifs is 1. The third-order valence-electron chi connectivity index (χ3n) is 3.31. The molecular formula is C16H13N3O4. The van der Waals surface area contributed by atoms with Gasteiger partial charge in [-0.05, 0) is 24.3 Å². The van der Waals surface area contributed by atoms with Crippen LogP contribution < -0.4 is 10.2 Å². The lowest BCUT2D eigenvalue weighted by Crippen LogP contribution is -2.44. The fourth-order valence-electron chi connectivity index (χ4n) is 2.23. The number of nitrogens with one attached hydrogen (secondary N) is 1. The van der Waals surface area contributed by atoms with Crippen molar-refractivity contribution in [2.75, 3.05) is 23.4 Å². The maximum Gasteiger partial charge on any atom is 0.338 e. The fourth-order valence-corrected chi connectivity index (χ4v) is 2.23. The molecule has 0 atom stereocenters. The highest BCUT2D eigenvalue weighted by Gasteiger charge is 2.27. The molecule has 1 aliphatic heterocycles. The Kier molecular flexibility index (Phi) is 4.01. The summed E-state index contributed by atoms with van der Waals surface area (Å²) in [5.41, 5.74) is 1.44. The van der Waals surface area contributed by atoms with E-state index in [2.05, 4.69) is 10.3 Å². The first-order chi connectivity index (χ1) is 11.1. The van der Waals surface area contributed by atoms with Gasteiger partial charge in [0.15, 0.2) is 6.61 Å². The zero-order chi connectivity index (χ0) is 16.2. The number of pyridine rings is 1. The van der Waals surface area contributed by atoms with Crippen LogP contribution in [-0.2, 0) is 14.3 Å². The molecule has 2 heterocycles. The van der Waals surface area contributed by atoms with Gasteiger partial charge < -0.3 is 10.1 Å². The predicted molar refractivity (Wildman–Crippen MR) is 81.9 cm³/mol. The lowest BCUT2D eigenvalue weighted by molar-refractivity contribution is -0.124. The lowest BCUT2D eigenvalue weighted by Gasteiger charge is -2.28. The molecule has 1 aromatic heterocycles. The van der Waals surface area contributed by atoms with Crippen LogP contribution in [0, 0.1) is 0 Å². The average molecular weight is 311 g/mol. The number of carbonyl (C=O) groups excluding carboxylic acids is 3. The molecule has 7 heteroatoms. The van der Waals surface area contributed by atoms with Gasteiger partial charge in [0.25, 0.3) is 5.91 Å². The van der Waals surface area contributed by atoms with E-state index in [0.717, 1.165) is 0 Å². The van der Waals surface area contributed by atoms with E-state index in [1.54, 1.807) is 24.3 Å². The number of rotatable bonds is 3. The molecule has 0 saturated heterocycles. The van der Waals surface area contributed by atoms with Gasteiger partial charge in [-0.2, -0.15) is 0 Å². The van der Waals surface area contributed by atoms with Crippen molar-refractivity contribution in [1.82, 2.24) is 4.98 Å². The summed E-state index contributed by atoms with van der Waals surface area (Å²) >= 11 is 0. The maximum absolute atomic E-state index is 12.3. The van der Waals surface area contributed by atoms with E-state index >= 15 is 0 Å². The number of ether oxygens (including phenoxy) is 1. The van der Waals surface area contributed by atoms with Crippen molar-refractivity contribution >= 4 is 29.2 Å². The summed E-state index contributed by atoms with van der Waals surface area (Å²) in [6.45, 7) is -0.550. The molecule has 23 heavy (non-hydrogen) atoms. The number of hydrogen-bond donors (Lipinski definition) is 1. The summed E-state index contributed by atoms with van der Waals surface area (Å²) in [5, 5.41) is 2.69. The summed E-state index contributed by atoms with van der Waals surface area (Å²) in [7, 11) is 0. The molecule has 0 unspecified atom stereocenters. The minimum absolute atomic E-state index is 0.108. The van der Waals surface area contributed by atoms with E-state index in [0.29, 0.717) is 16.9 Å². The van der Waals surface area contributed by atoms with Crippen molar-refractivity contribution in [1.29, 1.82) is 0 Å². The molecule has 0 aliphatic carbocycles. The summed E-state index contributed by atoms with van der Waals surface area (Å²) < 4.78 is 5.00. The van der Waals surface area contributed by atoms with E-state index in [1.807, 2.05) is 0 Å². The third kappa shape index (κ3) is 3.18. The monoisotopic (exact) mass is 311 g/mol. The molecule has 116 valence electrons. The molecule has 1 N–H and O–H groups in total. The molecule has 0 bridgehead atoms. The Morgan fingerprint density at radius 3 is 2.70 bits per heavy atom. The van der Waals surface area contributed by atoms with Gasteiger partial charge in [0.05, 0.1) is 16.9 Å². The molecule has 3 rings (SSSR count). The molecule has 2 amide bonds. The second-order valence-electron chi connectivity index (χ2n) is 4.86. The number of aromatic nitrogens is 1. The summed E-state index contributed by atoms with van der Waals surface area (Å²) in [5.74, 6) is -1.37. The number of amides is 2. The molecule has 0 fully saturated rings. The van der Waals surface area contributed by atoms with Crippen molar-refractivity contribution in [3.63, 3.8) is 0 Å². The van der Waals surface area contributed by atoms with Gasteiger partial charge in [-0.1, -0.05) is 12.1 Å². The highest BCUT2D eigenvalue weighted by molar-refractivity contribution is 6.10. The first-order valence-corrected chi connectivity index (χ1v) is 6.91. The molecule has 7 nitrogen and oxygen atoms in total. The minimum Gasteiger partial charge on any atom is -0.452 e. The summed E-state index contributed by atoms with van der Waals surface area (Å²) in [6.07, 6.45) is 2.92. The third-order valence-corrected chi connectivity index (χ3v) is 3.31. The lowest BCUT2D eigenvalue weighted by atomic mass is 10.2. The van der Waals surface area contributed by atoms with E-state index in [4.69, 9.17) is 4.74 Å². The van der Waals surface area contributed by atoms with Gasteiger partial charge in [-0.3, -0.25) is 19.5 Å². The molecule has 0 radical (unpaired) electrons. The Balaban J connectivity index is 1.69. The Hall–Kier alpha value is -3.22. The normalized spacial score (nSPS) is 13.0. The van der Waals surface area contributed by atoms with Crippen LogP contribution in [0.1, 0.15) is 10.4 Å². The van der Waals surface area contributed by atoms with E-state index in [9.17, 15) is 14.4 Å². The summed E-state index contributed by atoms with van der Waals surface area (Å²) in [6, 6.07) is 9.94. The topological polar surface area (TPSA) is 88.6 Å². The highest BCUT2D eigenvalue weighted by Crippen LogP contribution is 2.28. The molecular weight excluding hydrogens is 298 g/mol. The SMILES string of the molecule is O=C1CN(C(=O)COC(=O)c2ccncc2)c2ccccc2N1. The maximum atomic E-state index is 12.3. The van der Waals surface area contributed by atoms with Crippen LogP contribution in [0.3, 0.4) is 0 Å². The number of nitrogens with zero attached hydrogens (tertiary/aromatic N) is 2. The van der Waals surface area contributed by atoms with Crippen molar-refractivity contribution in [2.24, 2.45) is 0 Å². The van der Waals surface area contributed by atoms with Crippen molar-refractivity contribution < 1.29 is 19.1 Å². The number of carbonyl (C=O) groups is 3. The Labute approximate surface area is 131 Å². The Bertz CT molecular complexity index is 761. The molecule has 1 aromatic carbocycles. The first kappa shape index (κ1) is 14.7. The van der Waals surface area contributed by atoms with E-state index < -0.39 is 18.5 Å². The molecule has 0 saturated carbocycles. The quantitative estimate of drug-likeness (QED) is 0.861. The molecule has 1 aliphatic rings. The van der Waals surface area contributed by atoms with Crippen molar-refractivity contribution in [2.45, 2.75) is 0 Å². The summed E-state index contributed by atoms with van der Waals surface area (Å²) in [4.78, 5) is 40.9. The second-order valence-corrected chi connectivity index (χ2v) is 4.86. The predicted octanol–water partition coefficient (Wildman–Crippen LogP) is 1.22. The number of anilines is 2. The fraction of sp³-hybridized carbons (Fsp3) is 0.125. The van der Waals surface area contributed by atoms with Crippen LogP contribution in [0.5, 0.6) is 0 Å². The van der Waals surface area contributed by atoms with Crippen molar-refractivity contribution in [3.8, 4) is 0 Å². The number of esters is 1. The molecule has 2 aromatic rings. The number of para-hydroxylation sites is 2. The van der Waals surface area contributed by atoms with Gasteiger partial charge in [0, 0.05) is 12.4 Å². The van der Waals surface area contributed by atoms with Gasteiger partial charge in [-0.15, -0.1) is 0 Å².